The summed E-state index contributed by atoms with van der Waals surface area (Å²) in [6.07, 6.45) is 6.13. The van der Waals surface area contributed by atoms with Crippen molar-refractivity contribution in [3.8, 4) is 0 Å². The molecule has 1 amide bonds. The number of aromatic nitrogens is 4. The van der Waals surface area contributed by atoms with E-state index in [0.717, 1.165) is 61.5 Å². The Labute approximate surface area is 195 Å². The van der Waals surface area contributed by atoms with Gasteiger partial charge in [0.15, 0.2) is 0 Å². The quantitative estimate of drug-likeness (QED) is 0.438. The number of carbonyl (C=O) groups is 1. The minimum Gasteiger partial charge on any atom is -0.361 e. The number of benzene rings is 1. The van der Waals surface area contributed by atoms with Crippen LogP contribution in [-0.2, 0) is 17.6 Å². The summed E-state index contributed by atoms with van der Waals surface area (Å²) in [4.78, 5) is 35.7. The van der Waals surface area contributed by atoms with Gasteiger partial charge in [-0.1, -0.05) is 42.9 Å². The van der Waals surface area contributed by atoms with Crippen molar-refractivity contribution in [3.05, 3.63) is 58.1 Å². The summed E-state index contributed by atoms with van der Waals surface area (Å²) in [6.45, 7) is 4.20. The van der Waals surface area contributed by atoms with E-state index in [2.05, 4.69) is 44.3 Å². The summed E-state index contributed by atoms with van der Waals surface area (Å²) in [5.41, 5.74) is 3.04. The van der Waals surface area contributed by atoms with Gasteiger partial charge in [-0.2, -0.15) is 4.52 Å². The zero-order valence-corrected chi connectivity index (χ0v) is 19.5. The number of aryl methyl sites for hydroxylation is 1. The molecule has 0 saturated carbocycles. The Kier molecular flexibility index (Phi) is 6.13. The molecule has 0 bridgehead atoms. The maximum atomic E-state index is 12.7. The number of nitrogens with zero attached hydrogens (tertiary/aromatic N) is 4. The molecule has 1 saturated heterocycles. The minimum atomic E-state index is -0.129. The number of para-hydroxylation sites is 1. The zero-order valence-electron chi connectivity index (χ0n) is 18.7. The van der Waals surface area contributed by atoms with Crippen molar-refractivity contribution >= 4 is 38.2 Å². The van der Waals surface area contributed by atoms with E-state index in [-0.39, 0.29) is 17.4 Å². The molecular weight excluding hydrogens is 436 g/mol. The predicted molar refractivity (Wildman–Crippen MR) is 131 cm³/mol. The largest absolute Gasteiger partial charge is 0.361 e. The van der Waals surface area contributed by atoms with Crippen molar-refractivity contribution in [1.29, 1.82) is 0 Å². The summed E-state index contributed by atoms with van der Waals surface area (Å²) in [6, 6.07) is 9.80. The first-order chi connectivity index (χ1) is 16.1. The van der Waals surface area contributed by atoms with Gasteiger partial charge in [-0.15, -0.1) is 5.10 Å². The number of hydrogen-bond donors (Lipinski definition) is 2. The number of hydrogen-bond acceptors (Lipinski definition) is 6. The normalized spacial score (nSPS) is 14.9. The molecule has 0 atom stereocenters. The second-order valence-corrected chi connectivity index (χ2v) is 9.51. The van der Waals surface area contributed by atoms with Gasteiger partial charge in [0.2, 0.25) is 16.0 Å². The van der Waals surface area contributed by atoms with Crippen LogP contribution in [0.3, 0.4) is 0 Å². The van der Waals surface area contributed by atoms with Gasteiger partial charge in [0.05, 0.1) is 0 Å². The number of carbonyl (C=O) groups excluding carboxylic acids is 1. The van der Waals surface area contributed by atoms with Crippen LogP contribution in [0.25, 0.3) is 15.9 Å². The number of nitrogens with one attached hydrogen (secondary N) is 2. The zero-order chi connectivity index (χ0) is 22.8. The minimum absolute atomic E-state index is 0.00982. The summed E-state index contributed by atoms with van der Waals surface area (Å²) in [5.74, 6) is 0.136. The molecule has 5 rings (SSSR count). The van der Waals surface area contributed by atoms with Crippen molar-refractivity contribution in [3.63, 3.8) is 0 Å². The van der Waals surface area contributed by atoms with Crippen molar-refractivity contribution in [2.24, 2.45) is 5.92 Å². The number of fused-ring (bicyclic) bond motifs is 2. The molecule has 3 aromatic heterocycles. The monoisotopic (exact) mass is 464 g/mol. The molecule has 0 spiro atoms. The van der Waals surface area contributed by atoms with Gasteiger partial charge in [0.25, 0.3) is 5.56 Å². The van der Waals surface area contributed by atoms with Crippen LogP contribution < -0.4 is 15.8 Å². The molecule has 9 heteroatoms. The highest BCUT2D eigenvalue weighted by Gasteiger charge is 2.26. The van der Waals surface area contributed by atoms with Gasteiger partial charge in [0.1, 0.15) is 0 Å². The topological polar surface area (TPSA) is 95.4 Å². The number of aromatic amines is 1. The highest BCUT2D eigenvalue weighted by molar-refractivity contribution is 7.20. The number of H-pyrrole nitrogens is 1. The molecule has 2 N–H and O–H groups in total. The fraction of sp³-hybridized carbons (Fsp3) is 0.417. The molecule has 33 heavy (non-hydrogen) atoms. The molecule has 4 heterocycles. The van der Waals surface area contributed by atoms with Crippen LogP contribution >= 0.6 is 11.3 Å². The fourth-order valence-corrected chi connectivity index (χ4v) is 5.47. The molecule has 172 valence electrons. The summed E-state index contributed by atoms with van der Waals surface area (Å²) in [5, 5.41) is 9.62. The van der Waals surface area contributed by atoms with Crippen molar-refractivity contribution in [1.82, 2.24) is 24.9 Å². The molecule has 1 fully saturated rings. The number of anilines is 1. The fourth-order valence-electron chi connectivity index (χ4n) is 4.49. The number of piperidine rings is 1. The first-order valence-electron chi connectivity index (χ1n) is 11.6. The molecule has 0 radical (unpaired) electrons. The molecule has 0 aliphatic carbocycles. The van der Waals surface area contributed by atoms with Crippen LogP contribution in [0.2, 0.25) is 0 Å². The van der Waals surface area contributed by atoms with Crippen LogP contribution in [0.1, 0.15) is 37.4 Å². The number of amides is 1. The van der Waals surface area contributed by atoms with E-state index < -0.39 is 0 Å². The van der Waals surface area contributed by atoms with Crippen LogP contribution in [0.5, 0.6) is 0 Å². The highest BCUT2D eigenvalue weighted by Crippen LogP contribution is 2.27. The van der Waals surface area contributed by atoms with Gasteiger partial charge in [0, 0.05) is 54.4 Å². The average molecular weight is 465 g/mol. The van der Waals surface area contributed by atoms with E-state index in [0.29, 0.717) is 11.5 Å². The average Bonchev–Trinajstić information content (AvgIpc) is 3.44. The Morgan fingerprint density at radius 2 is 2.06 bits per heavy atom. The van der Waals surface area contributed by atoms with E-state index in [1.165, 1.54) is 26.8 Å². The van der Waals surface area contributed by atoms with Crippen molar-refractivity contribution in [2.75, 3.05) is 24.5 Å². The Morgan fingerprint density at radius 1 is 1.24 bits per heavy atom. The van der Waals surface area contributed by atoms with Gasteiger partial charge in [-0.25, -0.2) is 4.98 Å². The van der Waals surface area contributed by atoms with Crippen LogP contribution in [0, 0.1) is 5.92 Å². The van der Waals surface area contributed by atoms with E-state index >= 15 is 0 Å². The lowest BCUT2D eigenvalue weighted by atomic mass is 9.96. The highest BCUT2D eigenvalue weighted by atomic mass is 32.1. The molecule has 1 aliphatic heterocycles. The predicted octanol–water partition coefficient (Wildman–Crippen LogP) is 3.16. The first-order valence-corrected chi connectivity index (χ1v) is 12.4. The van der Waals surface area contributed by atoms with Crippen LogP contribution in [0.4, 0.5) is 5.13 Å². The third kappa shape index (κ3) is 4.50. The van der Waals surface area contributed by atoms with E-state index in [4.69, 9.17) is 0 Å². The Balaban J connectivity index is 1.15. The maximum Gasteiger partial charge on any atom is 0.275 e. The lowest BCUT2D eigenvalue weighted by Gasteiger charge is -2.30. The van der Waals surface area contributed by atoms with E-state index in [1.54, 1.807) is 6.07 Å². The molecule has 1 aliphatic rings. The Bertz CT molecular complexity index is 1330. The van der Waals surface area contributed by atoms with Crippen LogP contribution in [0.15, 0.2) is 41.3 Å². The first kappa shape index (κ1) is 21.6. The summed E-state index contributed by atoms with van der Waals surface area (Å²) < 4.78 is 1.39. The van der Waals surface area contributed by atoms with Crippen molar-refractivity contribution < 1.29 is 4.79 Å². The summed E-state index contributed by atoms with van der Waals surface area (Å²) >= 11 is 1.44. The van der Waals surface area contributed by atoms with E-state index in [1.807, 2.05) is 18.3 Å². The third-order valence-corrected chi connectivity index (χ3v) is 7.27. The Morgan fingerprint density at radius 3 is 2.88 bits per heavy atom. The second kappa shape index (κ2) is 9.35. The second-order valence-electron chi connectivity index (χ2n) is 8.58. The summed E-state index contributed by atoms with van der Waals surface area (Å²) in [7, 11) is 0. The van der Waals surface area contributed by atoms with Gasteiger partial charge < -0.3 is 15.2 Å². The van der Waals surface area contributed by atoms with Gasteiger partial charge in [-0.3, -0.25) is 9.59 Å². The smallest absolute Gasteiger partial charge is 0.275 e. The molecule has 4 aromatic rings. The maximum absolute atomic E-state index is 12.7. The van der Waals surface area contributed by atoms with Crippen molar-refractivity contribution in [2.45, 2.75) is 39.0 Å². The van der Waals surface area contributed by atoms with Gasteiger partial charge >= 0.3 is 0 Å². The Hall–Kier alpha value is -3.20. The third-order valence-electron chi connectivity index (χ3n) is 6.30. The SMILES string of the molecule is CCCc1cc(=O)n2nc(N3CCC(C(=O)NCCc4c[nH]c5ccccc45)CC3)sc2n1. The molecular formula is C24H28N6O2S. The van der Waals surface area contributed by atoms with Gasteiger partial charge in [-0.05, 0) is 37.3 Å². The standard InChI is InChI=1S/C24H28N6O2S/c1-2-5-18-14-21(31)30-23(27-18)33-24(28-30)29-12-9-16(10-13-29)22(32)25-11-8-17-15-26-20-7-4-3-6-19(17)20/h3-4,6-7,14-16,26H,2,5,8-13H2,1H3,(H,25,32). The van der Waals surface area contributed by atoms with E-state index in [9.17, 15) is 9.59 Å². The van der Waals surface area contributed by atoms with Crippen LogP contribution in [-0.4, -0.2) is 45.1 Å². The lowest BCUT2D eigenvalue weighted by Crippen LogP contribution is -2.41. The molecule has 0 unspecified atom stereocenters. The molecule has 1 aromatic carbocycles. The number of rotatable bonds is 7. The molecule has 8 nitrogen and oxygen atoms in total. The lowest BCUT2D eigenvalue weighted by molar-refractivity contribution is -0.125.